The minimum atomic E-state index is -1.04. The van der Waals surface area contributed by atoms with E-state index in [1.165, 1.54) is 11.4 Å². The lowest BCUT2D eigenvalue weighted by molar-refractivity contribution is 0.363. The van der Waals surface area contributed by atoms with E-state index in [1.807, 2.05) is 0 Å². The standard InChI is InChI=1S/C8H4F2O2S/c9-4-3-1-2-13-8(3)5(10)7(12)6(4)11/h1-2,11-12H. The van der Waals surface area contributed by atoms with Gasteiger partial charge < -0.3 is 10.2 Å². The molecule has 0 unspecified atom stereocenters. The zero-order chi connectivity index (χ0) is 9.59. The summed E-state index contributed by atoms with van der Waals surface area (Å²) in [5, 5.41) is 19.4. The van der Waals surface area contributed by atoms with Gasteiger partial charge in [-0.05, 0) is 11.4 Å². The van der Waals surface area contributed by atoms with Crippen LogP contribution in [0.4, 0.5) is 8.78 Å². The van der Waals surface area contributed by atoms with Crippen LogP contribution >= 0.6 is 11.3 Å². The summed E-state index contributed by atoms with van der Waals surface area (Å²) < 4.78 is 26.2. The van der Waals surface area contributed by atoms with E-state index in [9.17, 15) is 8.78 Å². The molecular weight excluding hydrogens is 198 g/mol. The summed E-state index contributed by atoms with van der Waals surface area (Å²) in [4.78, 5) is 0. The molecule has 1 aromatic carbocycles. The second-order valence-electron chi connectivity index (χ2n) is 2.49. The maximum absolute atomic E-state index is 13.1. The number of hydrogen-bond donors (Lipinski definition) is 2. The van der Waals surface area contributed by atoms with Crippen molar-refractivity contribution in [2.75, 3.05) is 0 Å². The predicted molar refractivity (Wildman–Crippen MR) is 45.1 cm³/mol. The first-order valence-corrected chi connectivity index (χ1v) is 4.27. The third-order valence-electron chi connectivity index (χ3n) is 1.74. The Morgan fingerprint density at radius 1 is 1.08 bits per heavy atom. The van der Waals surface area contributed by atoms with Crippen molar-refractivity contribution in [2.24, 2.45) is 0 Å². The van der Waals surface area contributed by atoms with Gasteiger partial charge in [0, 0.05) is 5.39 Å². The summed E-state index contributed by atoms with van der Waals surface area (Å²) >= 11 is 0.965. The van der Waals surface area contributed by atoms with Crippen LogP contribution < -0.4 is 0 Å². The molecule has 68 valence electrons. The highest BCUT2D eigenvalue weighted by atomic mass is 32.1. The van der Waals surface area contributed by atoms with Gasteiger partial charge in [0.1, 0.15) is 0 Å². The first-order chi connectivity index (χ1) is 6.13. The van der Waals surface area contributed by atoms with E-state index in [-0.39, 0.29) is 10.1 Å². The molecule has 0 aliphatic heterocycles. The SMILES string of the molecule is Oc1c(O)c(F)c2sccc2c1F. The quantitative estimate of drug-likeness (QED) is 0.644. The number of halogens is 2. The summed E-state index contributed by atoms with van der Waals surface area (Å²) in [5.74, 6) is -4.05. The van der Waals surface area contributed by atoms with Crippen molar-refractivity contribution in [2.45, 2.75) is 0 Å². The molecule has 5 heteroatoms. The van der Waals surface area contributed by atoms with Crippen LogP contribution in [-0.2, 0) is 0 Å². The minimum absolute atomic E-state index is 0.00722. The highest BCUT2D eigenvalue weighted by Crippen LogP contribution is 2.39. The molecule has 0 atom stereocenters. The lowest BCUT2D eigenvalue weighted by Crippen LogP contribution is -1.83. The molecule has 2 nitrogen and oxygen atoms in total. The number of phenolic OH excluding ortho intramolecular Hbond substituents is 2. The number of rotatable bonds is 0. The Morgan fingerprint density at radius 3 is 2.38 bits per heavy atom. The van der Waals surface area contributed by atoms with E-state index in [2.05, 4.69) is 0 Å². The van der Waals surface area contributed by atoms with E-state index in [0.29, 0.717) is 0 Å². The minimum Gasteiger partial charge on any atom is -0.502 e. The maximum Gasteiger partial charge on any atom is 0.198 e. The van der Waals surface area contributed by atoms with Crippen molar-refractivity contribution in [1.82, 2.24) is 0 Å². The molecule has 0 saturated heterocycles. The highest BCUT2D eigenvalue weighted by molar-refractivity contribution is 7.17. The average molecular weight is 202 g/mol. The van der Waals surface area contributed by atoms with Crippen LogP contribution in [0.3, 0.4) is 0 Å². The van der Waals surface area contributed by atoms with Gasteiger partial charge in [-0.3, -0.25) is 0 Å². The Morgan fingerprint density at radius 2 is 1.69 bits per heavy atom. The van der Waals surface area contributed by atoms with Crippen molar-refractivity contribution < 1.29 is 19.0 Å². The molecule has 0 aliphatic carbocycles. The molecule has 0 fully saturated rings. The van der Waals surface area contributed by atoms with Crippen molar-refractivity contribution in [3.05, 3.63) is 23.1 Å². The lowest BCUT2D eigenvalue weighted by Gasteiger charge is -2.01. The second kappa shape index (κ2) is 2.56. The number of fused-ring (bicyclic) bond motifs is 1. The van der Waals surface area contributed by atoms with Gasteiger partial charge in [-0.2, -0.15) is 0 Å². The van der Waals surface area contributed by atoms with Gasteiger partial charge in [0.25, 0.3) is 0 Å². The molecule has 0 spiro atoms. The van der Waals surface area contributed by atoms with Crippen molar-refractivity contribution in [3.63, 3.8) is 0 Å². The van der Waals surface area contributed by atoms with E-state index in [1.54, 1.807) is 0 Å². The molecule has 1 heterocycles. The summed E-state index contributed by atoms with van der Waals surface area (Å²) in [6.07, 6.45) is 0. The third-order valence-corrected chi connectivity index (χ3v) is 2.65. The molecule has 13 heavy (non-hydrogen) atoms. The fourth-order valence-corrected chi connectivity index (χ4v) is 1.92. The fourth-order valence-electron chi connectivity index (χ4n) is 1.10. The molecule has 2 N–H and O–H groups in total. The van der Waals surface area contributed by atoms with Gasteiger partial charge in [0.05, 0.1) is 4.70 Å². The van der Waals surface area contributed by atoms with Crippen LogP contribution in [0.5, 0.6) is 11.5 Å². The van der Waals surface area contributed by atoms with Gasteiger partial charge in [-0.15, -0.1) is 11.3 Å². The van der Waals surface area contributed by atoms with Crippen molar-refractivity contribution in [1.29, 1.82) is 0 Å². The van der Waals surface area contributed by atoms with E-state index in [4.69, 9.17) is 10.2 Å². The van der Waals surface area contributed by atoms with Gasteiger partial charge in [-0.25, -0.2) is 8.78 Å². The molecule has 0 aliphatic rings. The lowest BCUT2D eigenvalue weighted by atomic mass is 10.2. The largest absolute Gasteiger partial charge is 0.502 e. The number of aromatic hydroxyl groups is 2. The smallest absolute Gasteiger partial charge is 0.198 e. The Kier molecular flexibility index (Phi) is 1.63. The van der Waals surface area contributed by atoms with Crippen LogP contribution in [0.25, 0.3) is 10.1 Å². The first-order valence-electron chi connectivity index (χ1n) is 3.39. The molecule has 1 aromatic heterocycles. The summed E-state index contributed by atoms with van der Waals surface area (Å²) in [6.45, 7) is 0. The van der Waals surface area contributed by atoms with Crippen molar-refractivity contribution in [3.8, 4) is 11.5 Å². The number of thiophene rings is 1. The molecule has 0 saturated carbocycles. The van der Waals surface area contributed by atoms with Crippen molar-refractivity contribution >= 4 is 21.4 Å². The summed E-state index contributed by atoms with van der Waals surface area (Å²) in [5.41, 5.74) is 0. The monoisotopic (exact) mass is 202 g/mol. The normalized spacial score (nSPS) is 10.9. The second-order valence-corrected chi connectivity index (χ2v) is 3.40. The number of phenols is 2. The third kappa shape index (κ3) is 0.968. The predicted octanol–water partition coefficient (Wildman–Crippen LogP) is 2.59. The average Bonchev–Trinajstić information content (AvgIpc) is 2.59. The molecule has 0 radical (unpaired) electrons. The molecule has 2 rings (SSSR count). The molecule has 2 aromatic rings. The van der Waals surface area contributed by atoms with Crippen LogP contribution in [0, 0.1) is 11.6 Å². The van der Waals surface area contributed by atoms with E-state index >= 15 is 0 Å². The fraction of sp³-hybridized carbons (Fsp3) is 0. The maximum atomic E-state index is 13.1. The Balaban J connectivity index is 3.02. The van der Waals surface area contributed by atoms with E-state index in [0.717, 1.165) is 11.3 Å². The topological polar surface area (TPSA) is 40.5 Å². The van der Waals surface area contributed by atoms with Gasteiger partial charge >= 0.3 is 0 Å². The van der Waals surface area contributed by atoms with Gasteiger partial charge in [0.15, 0.2) is 23.1 Å². The Bertz CT molecular complexity index is 436. The Hall–Kier alpha value is -1.36. The van der Waals surface area contributed by atoms with E-state index < -0.39 is 23.1 Å². The number of benzene rings is 1. The number of hydrogen-bond acceptors (Lipinski definition) is 3. The zero-order valence-electron chi connectivity index (χ0n) is 6.21. The van der Waals surface area contributed by atoms with Crippen LogP contribution in [0.1, 0.15) is 0 Å². The zero-order valence-corrected chi connectivity index (χ0v) is 7.03. The summed E-state index contributed by atoms with van der Waals surface area (Å²) in [7, 11) is 0. The van der Waals surface area contributed by atoms with Gasteiger partial charge in [0.2, 0.25) is 0 Å². The van der Waals surface area contributed by atoms with Crippen LogP contribution in [-0.4, -0.2) is 10.2 Å². The van der Waals surface area contributed by atoms with Crippen LogP contribution in [0.15, 0.2) is 11.4 Å². The first kappa shape index (κ1) is 8.25. The van der Waals surface area contributed by atoms with Gasteiger partial charge in [-0.1, -0.05) is 0 Å². The Labute approximate surface area is 75.7 Å². The molecule has 0 bridgehead atoms. The highest BCUT2D eigenvalue weighted by Gasteiger charge is 2.19. The molecular formula is C8H4F2O2S. The molecule has 0 amide bonds. The summed E-state index contributed by atoms with van der Waals surface area (Å²) in [6, 6.07) is 1.34. The van der Waals surface area contributed by atoms with Crippen LogP contribution in [0.2, 0.25) is 0 Å².